The molecule has 2 aliphatic heterocycles. The molecule has 0 spiro atoms. The predicted octanol–water partition coefficient (Wildman–Crippen LogP) is 2.22. The summed E-state index contributed by atoms with van der Waals surface area (Å²) in [4.78, 5) is 21.8. The second-order valence-corrected chi connectivity index (χ2v) is 8.27. The number of aryl methyl sites for hydroxylation is 1. The van der Waals surface area contributed by atoms with Crippen molar-refractivity contribution >= 4 is 11.7 Å². The summed E-state index contributed by atoms with van der Waals surface area (Å²) < 4.78 is 0. The Morgan fingerprint density at radius 2 is 1.96 bits per heavy atom. The predicted molar refractivity (Wildman–Crippen MR) is 104 cm³/mol. The maximum absolute atomic E-state index is 12.4. The van der Waals surface area contributed by atoms with Gasteiger partial charge in [-0.1, -0.05) is 0 Å². The minimum Gasteiger partial charge on any atom is -0.355 e. The zero-order valence-electron chi connectivity index (χ0n) is 16.2. The summed E-state index contributed by atoms with van der Waals surface area (Å²) in [5, 5.41) is 12.6. The maximum Gasteiger partial charge on any atom is 0.224 e. The number of carbonyl (C=O) groups excluding carboxylic acids is 1. The fourth-order valence-corrected chi connectivity index (χ4v) is 4.41. The number of likely N-dealkylation sites (tertiary alicyclic amines) is 1. The monoisotopic (exact) mass is 367 g/mol. The van der Waals surface area contributed by atoms with E-state index in [1.807, 2.05) is 19.1 Å². The first kappa shape index (κ1) is 18.2. The van der Waals surface area contributed by atoms with Gasteiger partial charge in [0.1, 0.15) is 11.9 Å². The molecular formula is C21H29N5O. The standard InChI is InChI=1S/C21H29N5O/c1-15-4-5-16(13-22)20(23-15)25-11-8-19(9-12-25)26-10-2-3-17(14-26)21(27)24-18-6-7-18/h4-5,17-19H,2-3,6-12,14H2,1H3,(H,24,27)/t17-/m0/s1. The molecule has 6 nitrogen and oxygen atoms in total. The van der Waals surface area contributed by atoms with Crippen molar-refractivity contribution in [3.63, 3.8) is 0 Å². The smallest absolute Gasteiger partial charge is 0.224 e. The van der Waals surface area contributed by atoms with E-state index in [0.29, 0.717) is 17.6 Å². The third kappa shape index (κ3) is 4.24. The Labute approximate surface area is 161 Å². The Hall–Kier alpha value is -2.13. The van der Waals surface area contributed by atoms with E-state index in [1.54, 1.807) is 0 Å². The molecule has 0 radical (unpaired) electrons. The Bertz CT molecular complexity index is 731. The van der Waals surface area contributed by atoms with Gasteiger partial charge in [-0.05, 0) is 64.1 Å². The Morgan fingerprint density at radius 1 is 1.19 bits per heavy atom. The summed E-state index contributed by atoms with van der Waals surface area (Å²) in [6.45, 7) is 5.81. The number of nitrogens with zero attached hydrogens (tertiary/aromatic N) is 4. The number of rotatable bonds is 4. The van der Waals surface area contributed by atoms with Crippen LogP contribution in [0.3, 0.4) is 0 Å². The first-order valence-corrected chi connectivity index (χ1v) is 10.3. The van der Waals surface area contributed by atoms with Crippen LogP contribution in [-0.2, 0) is 4.79 Å². The molecule has 1 amide bonds. The quantitative estimate of drug-likeness (QED) is 0.883. The minimum atomic E-state index is 0.154. The molecule has 0 bridgehead atoms. The molecule has 1 atom stereocenters. The van der Waals surface area contributed by atoms with Crippen LogP contribution in [-0.4, -0.2) is 54.1 Å². The lowest BCUT2D eigenvalue weighted by atomic mass is 9.93. The van der Waals surface area contributed by atoms with Gasteiger partial charge in [0.25, 0.3) is 0 Å². The van der Waals surface area contributed by atoms with Crippen molar-refractivity contribution < 1.29 is 4.79 Å². The highest BCUT2D eigenvalue weighted by Crippen LogP contribution is 2.28. The number of carbonyl (C=O) groups is 1. The van der Waals surface area contributed by atoms with Gasteiger partial charge in [0.2, 0.25) is 5.91 Å². The van der Waals surface area contributed by atoms with Crippen LogP contribution in [0.4, 0.5) is 5.82 Å². The van der Waals surface area contributed by atoms with Crippen LogP contribution < -0.4 is 10.2 Å². The third-order valence-electron chi connectivity index (χ3n) is 6.16. The molecule has 2 saturated heterocycles. The van der Waals surface area contributed by atoms with Crippen LogP contribution in [0.15, 0.2) is 12.1 Å². The van der Waals surface area contributed by atoms with E-state index in [-0.39, 0.29) is 11.8 Å². The molecule has 1 saturated carbocycles. The lowest BCUT2D eigenvalue weighted by molar-refractivity contribution is -0.127. The van der Waals surface area contributed by atoms with E-state index in [1.165, 1.54) is 0 Å². The van der Waals surface area contributed by atoms with E-state index in [4.69, 9.17) is 0 Å². The SMILES string of the molecule is Cc1ccc(C#N)c(N2CCC(N3CCC[C@H](C(=O)NC4CC4)C3)CC2)n1. The van der Waals surface area contributed by atoms with Gasteiger partial charge in [-0.25, -0.2) is 4.98 Å². The zero-order valence-corrected chi connectivity index (χ0v) is 16.2. The minimum absolute atomic E-state index is 0.154. The molecule has 1 N–H and O–H groups in total. The number of nitrogens with one attached hydrogen (secondary N) is 1. The van der Waals surface area contributed by atoms with E-state index < -0.39 is 0 Å². The summed E-state index contributed by atoms with van der Waals surface area (Å²) in [6, 6.07) is 7.03. The molecule has 1 aliphatic carbocycles. The van der Waals surface area contributed by atoms with E-state index in [0.717, 1.165) is 76.2 Å². The molecule has 0 aromatic carbocycles. The maximum atomic E-state index is 12.4. The number of amides is 1. The van der Waals surface area contributed by atoms with Gasteiger partial charge in [0.15, 0.2) is 0 Å². The highest BCUT2D eigenvalue weighted by molar-refractivity contribution is 5.79. The van der Waals surface area contributed by atoms with Crippen molar-refractivity contribution in [2.24, 2.45) is 5.92 Å². The third-order valence-corrected chi connectivity index (χ3v) is 6.16. The molecular weight excluding hydrogens is 338 g/mol. The molecule has 1 aromatic heterocycles. The van der Waals surface area contributed by atoms with Gasteiger partial charge >= 0.3 is 0 Å². The van der Waals surface area contributed by atoms with Crippen LogP contribution >= 0.6 is 0 Å². The molecule has 27 heavy (non-hydrogen) atoms. The van der Waals surface area contributed by atoms with Crippen LogP contribution in [0.25, 0.3) is 0 Å². The highest BCUT2D eigenvalue weighted by atomic mass is 16.2. The molecule has 144 valence electrons. The van der Waals surface area contributed by atoms with E-state index >= 15 is 0 Å². The first-order chi connectivity index (χ1) is 13.1. The Balaban J connectivity index is 1.34. The average molecular weight is 367 g/mol. The first-order valence-electron chi connectivity index (χ1n) is 10.3. The van der Waals surface area contributed by atoms with Gasteiger partial charge in [0, 0.05) is 37.4 Å². The average Bonchev–Trinajstić information content (AvgIpc) is 3.52. The normalized spacial score (nSPS) is 24.4. The number of piperidine rings is 2. The van der Waals surface area contributed by atoms with Crippen molar-refractivity contribution in [2.75, 3.05) is 31.1 Å². The summed E-state index contributed by atoms with van der Waals surface area (Å²) in [5.41, 5.74) is 1.61. The van der Waals surface area contributed by atoms with Crippen molar-refractivity contribution in [2.45, 2.75) is 57.5 Å². The van der Waals surface area contributed by atoms with Gasteiger partial charge < -0.3 is 10.2 Å². The number of anilines is 1. The molecule has 0 unspecified atom stereocenters. The highest BCUT2D eigenvalue weighted by Gasteiger charge is 2.34. The fourth-order valence-electron chi connectivity index (χ4n) is 4.41. The summed E-state index contributed by atoms with van der Waals surface area (Å²) in [6.07, 6.45) is 6.57. The number of nitriles is 1. The van der Waals surface area contributed by atoms with Crippen LogP contribution in [0.5, 0.6) is 0 Å². The van der Waals surface area contributed by atoms with Crippen molar-refractivity contribution in [1.29, 1.82) is 5.26 Å². The largest absolute Gasteiger partial charge is 0.355 e. The molecule has 3 aliphatic rings. The lowest BCUT2D eigenvalue weighted by Gasteiger charge is -2.42. The zero-order chi connectivity index (χ0) is 18.8. The van der Waals surface area contributed by atoms with Gasteiger partial charge in [-0.2, -0.15) is 5.26 Å². The van der Waals surface area contributed by atoms with E-state index in [2.05, 4.69) is 26.2 Å². The number of pyridine rings is 1. The van der Waals surface area contributed by atoms with E-state index in [9.17, 15) is 10.1 Å². The van der Waals surface area contributed by atoms with Crippen molar-refractivity contribution in [3.8, 4) is 6.07 Å². The molecule has 4 rings (SSSR count). The lowest BCUT2D eigenvalue weighted by Crippen LogP contribution is -2.51. The van der Waals surface area contributed by atoms with Crippen LogP contribution in [0.1, 0.15) is 49.8 Å². The van der Waals surface area contributed by atoms with Gasteiger partial charge in [-0.3, -0.25) is 9.69 Å². The summed E-state index contributed by atoms with van der Waals surface area (Å²) in [5.74, 6) is 1.25. The van der Waals surface area contributed by atoms with Crippen LogP contribution in [0.2, 0.25) is 0 Å². The Kier molecular flexibility index (Phi) is 5.31. The fraction of sp³-hybridized carbons (Fsp3) is 0.667. The topological polar surface area (TPSA) is 72.3 Å². The number of hydrogen-bond donors (Lipinski definition) is 1. The molecule has 1 aromatic rings. The van der Waals surface area contributed by atoms with Gasteiger partial charge in [0.05, 0.1) is 11.5 Å². The van der Waals surface area contributed by atoms with Crippen LogP contribution in [0, 0.1) is 24.2 Å². The number of hydrogen-bond acceptors (Lipinski definition) is 5. The Morgan fingerprint density at radius 3 is 2.67 bits per heavy atom. The molecule has 3 heterocycles. The van der Waals surface area contributed by atoms with Crippen molar-refractivity contribution in [1.82, 2.24) is 15.2 Å². The second-order valence-electron chi connectivity index (χ2n) is 8.27. The molecule has 3 fully saturated rings. The summed E-state index contributed by atoms with van der Waals surface area (Å²) >= 11 is 0. The summed E-state index contributed by atoms with van der Waals surface area (Å²) in [7, 11) is 0. The van der Waals surface area contributed by atoms with Crippen molar-refractivity contribution in [3.05, 3.63) is 23.4 Å². The van der Waals surface area contributed by atoms with Gasteiger partial charge in [-0.15, -0.1) is 0 Å². The second kappa shape index (κ2) is 7.85. The molecule has 6 heteroatoms. The number of aromatic nitrogens is 1.